The zero-order valence-corrected chi connectivity index (χ0v) is 36.8. The predicted octanol–water partition coefficient (Wildman–Crippen LogP) is 4.87. The van der Waals surface area contributed by atoms with Gasteiger partial charge in [-0.3, -0.25) is 33.8 Å². The first kappa shape index (κ1) is 44.1. The number of hydrogen-bond donors (Lipinski definition) is 4. The Kier molecular flexibility index (Phi) is 11.8. The highest BCUT2D eigenvalue weighted by Gasteiger charge is 2.57. The van der Waals surface area contributed by atoms with Gasteiger partial charge in [0.15, 0.2) is 11.6 Å². The van der Waals surface area contributed by atoms with Crippen molar-refractivity contribution in [2.75, 3.05) is 59.6 Å². The van der Waals surface area contributed by atoms with E-state index in [1.807, 2.05) is 23.1 Å². The molecule has 3 unspecified atom stereocenters. The lowest BCUT2D eigenvalue weighted by Crippen LogP contribution is -2.47. The Hall–Kier alpha value is -7.11. The second-order valence-corrected chi connectivity index (χ2v) is 18.8. The van der Waals surface area contributed by atoms with Crippen LogP contribution in [0.15, 0.2) is 83.9 Å². The fourth-order valence-corrected chi connectivity index (χ4v) is 10.1. The topological polar surface area (TPSA) is 211 Å². The molecular weight excluding hydrogens is 875 g/mol. The number of nitriles is 1. The SMILES string of the molecule is CCN(C)S(=O)(=O)Nc1ccc(F)c(Oc2ccc3ncn(C4C5CN(c6ccc(C(=O)NC7CCN(c8ccc(NC9CCC(=O)NC9=O)cc8F)CC7)cc6)CC54)c(=O)c3c2)c1C#N. The van der Waals surface area contributed by atoms with Crippen LogP contribution in [0.5, 0.6) is 11.5 Å². The van der Waals surface area contributed by atoms with Crippen molar-refractivity contribution >= 4 is 61.6 Å². The Morgan fingerprint density at radius 1 is 0.955 bits per heavy atom. The van der Waals surface area contributed by atoms with Crippen molar-refractivity contribution in [2.24, 2.45) is 11.8 Å². The van der Waals surface area contributed by atoms with Gasteiger partial charge < -0.3 is 25.2 Å². The van der Waals surface area contributed by atoms with Crippen LogP contribution in [0.3, 0.4) is 0 Å². The number of benzene rings is 4. The lowest BCUT2D eigenvalue weighted by molar-refractivity contribution is -0.133. The van der Waals surface area contributed by atoms with E-state index in [0.717, 1.165) is 22.1 Å². The summed E-state index contributed by atoms with van der Waals surface area (Å²) in [6.07, 6.45) is 3.35. The fraction of sp³-hybridized carbons (Fsp3) is 0.348. The van der Waals surface area contributed by atoms with Gasteiger partial charge in [0, 0.05) is 87.0 Å². The molecule has 4 fully saturated rings. The van der Waals surface area contributed by atoms with E-state index in [0.29, 0.717) is 67.9 Å². The quantitative estimate of drug-likeness (QED) is 0.117. The summed E-state index contributed by atoms with van der Waals surface area (Å²) in [6.45, 7) is 4.27. The highest BCUT2D eigenvalue weighted by atomic mass is 32.2. The van der Waals surface area contributed by atoms with E-state index in [9.17, 15) is 32.9 Å². The van der Waals surface area contributed by atoms with Crippen molar-refractivity contribution in [3.8, 4) is 17.6 Å². The Morgan fingerprint density at radius 3 is 2.38 bits per heavy atom. The summed E-state index contributed by atoms with van der Waals surface area (Å²) in [7, 11) is -2.67. The van der Waals surface area contributed by atoms with Crippen LogP contribution in [-0.2, 0) is 19.8 Å². The molecule has 0 bridgehead atoms. The predicted molar refractivity (Wildman–Crippen MR) is 242 cm³/mol. The maximum absolute atomic E-state index is 15.2. The highest BCUT2D eigenvalue weighted by Crippen LogP contribution is 2.55. The van der Waals surface area contributed by atoms with Crippen molar-refractivity contribution in [2.45, 2.75) is 50.7 Å². The summed E-state index contributed by atoms with van der Waals surface area (Å²) >= 11 is 0. The molecule has 4 aliphatic rings. The number of aromatic nitrogens is 2. The number of hydrogen-bond acceptors (Lipinski definition) is 12. The third-order valence-corrected chi connectivity index (χ3v) is 14.5. The summed E-state index contributed by atoms with van der Waals surface area (Å²) in [4.78, 5) is 59.4. The van der Waals surface area contributed by atoms with Gasteiger partial charge >= 0.3 is 10.2 Å². The minimum Gasteiger partial charge on any atom is -0.453 e. The van der Waals surface area contributed by atoms with E-state index in [1.165, 1.54) is 31.6 Å². The Bertz CT molecular complexity index is 2960. The number of amides is 3. The highest BCUT2D eigenvalue weighted by molar-refractivity contribution is 7.90. The number of piperidine rings is 3. The van der Waals surface area contributed by atoms with Crippen molar-refractivity contribution < 1.29 is 36.3 Å². The molecule has 4 heterocycles. The van der Waals surface area contributed by atoms with Crippen LogP contribution in [0.25, 0.3) is 10.9 Å². The molecular formula is C46H46F2N10O7S. The Balaban J connectivity index is 0.783. The van der Waals surface area contributed by atoms with Gasteiger partial charge in [-0.1, -0.05) is 6.92 Å². The minimum absolute atomic E-state index is 0.0591. The van der Waals surface area contributed by atoms with Gasteiger partial charge in [0.25, 0.3) is 11.5 Å². The molecule has 4 aromatic carbocycles. The van der Waals surface area contributed by atoms with Gasteiger partial charge in [-0.05, 0) is 92.1 Å². The zero-order valence-electron chi connectivity index (χ0n) is 36.0. The van der Waals surface area contributed by atoms with Gasteiger partial charge in [0.2, 0.25) is 11.8 Å². The van der Waals surface area contributed by atoms with Crippen LogP contribution in [0.4, 0.5) is 31.5 Å². The molecule has 17 nitrogen and oxygen atoms in total. The second-order valence-electron chi connectivity index (χ2n) is 17.0. The molecule has 0 radical (unpaired) electrons. The number of imide groups is 1. The zero-order chi connectivity index (χ0) is 46.4. The molecule has 342 valence electrons. The number of rotatable bonds is 13. The number of nitrogens with one attached hydrogen (secondary N) is 4. The number of nitrogens with zero attached hydrogens (tertiary/aromatic N) is 6. The third kappa shape index (κ3) is 8.70. The molecule has 3 aliphatic heterocycles. The fourth-order valence-electron chi connectivity index (χ4n) is 9.11. The summed E-state index contributed by atoms with van der Waals surface area (Å²) in [5.74, 6) is -2.33. The van der Waals surface area contributed by atoms with Crippen LogP contribution < -0.4 is 40.8 Å². The summed E-state index contributed by atoms with van der Waals surface area (Å²) in [6, 6.07) is 19.8. The lowest BCUT2D eigenvalue weighted by Gasteiger charge is -2.34. The number of carbonyl (C=O) groups is 3. The number of anilines is 4. The molecule has 20 heteroatoms. The average Bonchev–Trinajstić information content (AvgIpc) is 3.78. The van der Waals surface area contributed by atoms with Crippen molar-refractivity contribution in [3.05, 3.63) is 112 Å². The molecule has 3 amide bonds. The molecule has 4 N–H and O–H groups in total. The molecule has 66 heavy (non-hydrogen) atoms. The van der Waals surface area contributed by atoms with E-state index in [-0.39, 0.29) is 76.6 Å². The smallest absolute Gasteiger partial charge is 0.301 e. The molecule has 3 saturated heterocycles. The molecule has 9 rings (SSSR count). The molecule has 1 aliphatic carbocycles. The maximum atomic E-state index is 15.2. The normalized spacial score (nSPS) is 20.7. The minimum atomic E-state index is -4.03. The number of carbonyl (C=O) groups excluding carboxylic acids is 3. The van der Waals surface area contributed by atoms with Gasteiger partial charge in [-0.25, -0.2) is 13.8 Å². The van der Waals surface area contributed by atoms with Crippen molar-refractivity contribution in [3.63, 3.8) is 0 Å². The molecule has 1 saturated carbocycles. The van der Waals surface area contributed by atoms with E-state index in [1.54, 1.807) is 41.8 Å². The van der Waals surface area contributed by atoms with E-state index in [4.69, 9.17) is 4.74 Å². The Labute approximate surface area is 378 Å². The second kappa shape index (κ2) is 17.7. The van der Waals surface area contributed by atoms with Crippen LogP contribution >= 0.6 is 0 Å². The monoisotopic (exact) mass is 920 g/mol. The first-order valence-corrected chi connectivity index (χ1v) is 23.1. The standard InChI is InChI=1S/C46H46F2N10O7S/c1-3-55(2)66(63,64)54-38-12-10-35(47)43(32(38)22-49)65-30-9-11-37-31(21-30)46(62)58(25-50-37)42-33-23-57(24-34(33)42)29-7-4-26(5-8-29)44(60)52-27-16-18-56(19-17-27)40-14-6-28(20-36(40)48)51-39-13-15-41(59)53-45(39)61/h4-12,14,20-21,25,27,33-34,39,42,51,54H,3,13,15-19,23-24H2,1-2H3,(H,52,60)(H,53,59,61). The van der Waals surface area contributed by atoms with E-state index in [2.05, 4.69) is 30.6 Å². The van der Waals surface area contributed by atoms with E-state index < -0.39 is 39.5 Å². The average molecular weight is 921 g/mol. The van der Waals surface area contributed by atoms with E-state index >= 15 is 8.78 Å². The third-order valence-electron chi connectivity index (χ3n) is 13.0. The molecule has 3 atom stereocenters. The molecule has 1 aromatic heterocycles. The summed E-state index contributed by atoms with van der Waals surface area (Å²) in [5, 5.41) is 18.6. The maximum Gasteiger partial charge on any atom is 0.301 e. The van der Waals surface area contributed by atoms with Gasteiger partial charge in [-0.15, -0.1) is 0 Å². The van der Waals surface area contributed by atoms with Crippen LogP contribution in [-0.4, -0.2) is 91.9 Å². The number of ether oxygens (including phenoxy) is 1. The van der Waals surface area contributed by atoms with Gasteiger partial charge in [0.05, 0.1) is 28.6 Å². The number of halogens is 2. The van der Waals surface area contributed by atoms with Crippen molar-refractivity contribution in [1.82, 2.24) is 24.5 Å². The van der Waals surface area contributed by atoms with Crippen LogP contribution in [0.1, 0.15) is 54.6 Å². The van der Waals surface area contributed by atoms with Gasteiger partial charge in [0.1, 0.15) is 29.2 Å². The molecule has 5 aromatic rings. The Morgan fingerprint density at radius 2 is 1.70 bits per heavy atom. The summed E-state index contributed by atoms with van der Waals surface area (Å²) < 4.78 is 66.4. The summed E-state index contributed by atoms with van der Waals surface area (Å²) in [5.41, 5.74) is 1.95. The number of fused-ring (bicyclic) bond motifs is 2. The van der Waals surface area contributed by atoms with Gasteiger partial charge in [-0.2, -0.15) is 18.0 Å². The largest absolute Gasteiger partial charge is 0.453 e. The first-order valence-electron chi connectivity index (χ1n) is 21.7. The lowest BCUT2D eigenvalue weighted by atomic mass is 10.0. The first-order chi connectivity index (χ1) is 31.7. The van der Waals surface area contributed by atoms with Crippen molar-refractivity contribution in [1.29, 1.82) is 5.26 Å². The van der Waals surface area contributed by atoms with Crippen LogP contribution in [0.2, 0.25) is 0 Å². The van der Waals surface area contributed by atoms with Crippen LogP contribution in [0, 0.1) is 34.8 Å². The molecule has 0 spiro atoms.